The maximum atomic E-state index is 12.1. The number of rotatable bonds is 4. The summed E-state index contributed by atoms with van der Waals surface area (Å²) in [6.07, 6.45) is 1.02. The maximum Gasteiger partial charge on any atom is 0.312 e. The number of furan rings is 1. The molecule has 2 aliphatic heterocycles. The molecule has 1 aromatic heterocycles. The van der Waals surface area contributed by atoms with E-state index in [0.717, 1.165) is 37.6 Å². The first kappa shape index (κ1) is 17.9. The minimum Gasteiger partial charge on any atom is -0.465 e. The number of hydrogen-bond acceptors (Lipinski definition) is 5. The van der Waals surface area contributed by atoms with E-state index in [2.05, 4.69) is 23.2 Å². The first-order chi connectivity index (χ1) is 12.0. The average molecular weight is 349 g/mol. The molecule has 3 heterocycles. The van der Waals surface area contributed by atoms with Crippen molar-refractivity contribution < 1.29 is 18.7 Å². The van der Waals surface area contributed by atoms with Gasteiger partial charge in [-0.25, -0.2) is 0 Å². The van der Waals surface area contributed by atoms with Crippen LogP contribution in [0.3, 0.4) is 0 Å². The lowest BCUT2D eigenvalue weighted by molar-refractivity contribution is -0.148. The second-order valence-electron chi connectivity index (χ2n) is 6.96. The van der Waals surface area contributed by atoms with Crippen LogP contribution >= 0.6 is 0 Å². The highest BCUT2D eigenvalue weighted by molar-refractivity contribution is 6.35. The number of likely N-dealkylation sites (tertiary alicyclic amines) is 1. The number of carbonyl (C=O) groups excluding carboxylic acids is 2. The lowest BCUT2D eigenvalue weighted by Gasteiger charge is -2.26. The number of nitrogens with one attached hydrogen (secondary N) is 1. The number of ether oxygens (including phenoxy) is 1. The summed E-state index contributed by atoms with van der Waals surface area (Å²) in [6.45, 7) is 9.25. The summed E-state index contributed by atoms with van der Waals surface area (Å²) < 4.78 is 10.9. The van der Waals surface area contributed by atoms with Gasteiger partial charge < -0.3 is 19.4 Å². The quantitative estimate of drug-likeness (QED) is 0.810. The lowest BCUT2D eigenvalue weighted by atomic mass is 10.1. The Balaban J connectivity index is 1.40. The summed E-state index contributed by atoms with van der Waals surface area (Å²) >= 11 is 0. The van der Waals surface area contributed by atoms with Gasteiger partial charge in [-0.2, -0.15) is 0 Å². The van der Waals surface area contributed by atoms with Gasteiger partial charge in [0.1, 0.15) is 11.5 Å². The van der Waals surface area contributed by atoms with Crippen LogP contribution in [0.15, 0.2) is 10.5 Å². The number of morpholine rings is 1. The van der Waals surface area contributed by atoms with Gasteiger partial charge in [-0.15, -0.1) is 0 Å². The fourth-order valence-corrected chi connectivity index (χ4v) is 3.39. The SMILES string of the molecule is Cc1cc(CN2CC[C@H](CNC(=O)C(=O)N3CCOCC3)C2)oc1C. The van der Waals surface area contributed by atoms with Crippen molar-refractivity contribution in [2.45, 2.75) is 26.8 Å². The largest absolute Gasteiger partial charge is 0.465 e. The van der Waals surface area contributed by atoms with E-state index in [1.807, 2.05) is 6.92 Å². The van der Waals surface area contributed by atoms with Gasteiger partial charge in [-0.1, -0.05) is 0 Å². The number of aryl methyl sites for hydroxylation is 2. The van der Waals surface area contributed by atoms with E-state index in [9.17, 15) is 9.59 Å². The monoisotopic (exact) mass is 349 g/mol. The first-order valence-corrected chi connectivity index (χ1v) is 8.96. The Bertz CT molecular complexity index is 602. The first-order valence-electron chi connectivity index (χ1n) is 8.96. The summed E-state index contributed by atoms with van der Waals surface area (Å²) in [7, 11) is 0. The Morgan fingerprint density at radius 3 is 2.68 bits per heavy atom. The van der Waals surface area contributed by atoms with Crippen LogP contribution in [-0.2, 0) is 20.9 Å². The predicted molar refractivity (Wildman–Crippen MR) is 92.0 cm³/mol. The Morgan fingerprint density at radius 2 is 2.00 bits per heavy atom. The van der Waals surface area contributed by atoms with Gasteiger partial charge >= 0.3 is 11.8 Å². The van der Waals surface area contributed by atoms with Crippen molar-refractivity contribution >= 4 is 11.8 Å². The Kier molecular flexibility index (Phi) is 5.75. The third-order valence-corrected chi connectivity index (χ3v) is 5.01. The molecule has 0 radical (unpaired) electrons. The minimum absolute atomic E-state index is 0.374. The molecule has 0 aromatic carbocycles. The molecule has 7 nitrogen and oxygen atoms in total. The molecule has 25 heavy (non-hydrogen) atoms. The molecular weight excluding hydrogens is 322 g/mol. The van der Waals surface area contributed by atoms with Gasteiger partial charge in [0, 0.05) is 26.2 Å². The molecule has 0 unspecified atom stereocenters. The third kappa shape index (κ3) is 4.61. The molecule has 1 N–H and O–H groups in total. The van der Waals surface area contributed by atoms with Crippen molar-refractivity contribution in [1.82, 2.24) is 15.1 Å². The molecule has 0 aliphatic carbocycles. The summed E-state index contributed by atoms with van der Waals surface area (Å²) in [4.78, 5) is 28.0. The highest BCUT2D eigenvalue weighted by atomic mass is 16.5. The van der Waals surface area contributed by atoms with E-state index >= 15 is 0 Å². The molecule has 2 saturated heterocycles. The van der Waals surface area contributed by atoms with Gasteiger partial charge in [0.25, 0.3) is 0 Å². The Labute approximate surface area is 148 Å². The van der Waals surface area contributed by atoms with Crippen molar-refractivity contribution in [3.8, 4) is 0 Å². The van der Waals surface area contributed by atoms with Crippen molar-refractivity contribution in [3.05, 3.63) is 23.2 Å². The van der Waals surface area contributed by atoms with Crippen LogP contribution in [0.2, 0.25) is 0 Å². The van der Waals surface area contributed by atoms with Crippen molar-refractivity contribution in [2.24, 2.45) is 5.92 Å². The molecule has 138 valence electrons. The minimum atomic E-state index is -0.502. The third-order valence-electron chi connectivity index (χ3n) is 5.01. The van der Waals surface area contributed by atoms with Crippen LogP contribution in [0.4, 0.5) is 0 Å². The van der Waals surface area contributed by atoms with Crippen molar-refractivity contribution in [2.75, 3.05) is 45.9 Å². The van der Waals surface area contributed by atoms with Crippen LogP contribution in [-0.4, -0.2) is 67.6 Å². The lowest BCUT2D eigenvalue weighted by Crippen LogP contribution is -2.48. The summed E-state index contributed by atoms with van der Waals surface area (Å²) in [5.41, 5.74) is 1.18. The van der Waals surface area contributed by atoms with Crippen LogP contribution in [0.5, 0.6) is 0 Å². The fraction of sp³-hybridized carbons (Fsp3) is 0.667. The highest BCUT2D eigenvalue weighted by Crippen LogP contribution is 2.20. The zero-order chi connectivity index (χ0) is 17.8. The molecule has 1 aromatic rings. The standard InChI is InChI=1S/C18H27N3O4/c1-13-9-16(25-14(13)2)12-20-4-3-15(11-20)10-19-17(22)18(23)21-5-7-24-8-6-21/h9,15H,3-8,10-12H2,1-2H3,(H,19,22)/t15-/m1/s1. The van der Waals surface area contributed by atoms with Gasteiger partial charge in [-0.3, -0.25) is 14.5 Å². The van der Waals surface area contributed by atoms with Crippen molar-refractivity contribution in [1.29, 1.82) is 0 Å². The second-order valence-corrected chi connectivity index (χ2v) is 6.96. The Hall–Kier alpha value is -1.86. The molecule has 7 heteroatoms. The van der Waals surface area contributed by atoms with Crippen molar-refractivity contribution in [3.63, 3.8) is 0 Å². The molecule has 0 bridgehead atoms. The topological polar surface area (TPSA) is 75.0 Å². The van der Waals surface area contributed by atoms with Crippen LogP contribution in [0.25, 0.3) is 0 Å². The molecule has 0 saturated carbocycles. The van der Waals surface area contributed by atoms with E-state index in [-0.39, 0.29) is 0 Å². The normalized spacial score (nSPS) is 21.5. The summed E-state index contributed by atoms with van der Waals surface area (Å²) in [6, 6.07) is 2.09. The van der Waals surface area contributed by atoms with E-state index in [1.165, 1.54) is 5.56 Å². The number of nitrogens with zero attached hydrogens (tertiary/aromatic N) is 2. The maximum absolute atomic E-state index is 12.1. The predicted octanol–water partition coefficient (Wildman–Crippen LogP) is 0.693. The smallest absolute Gasteiger partial charge is 0.312 e. The zero-order valence-corrected chi connectivity index (χ0v) is 15.0. The summed E-state index contributed by atoms with van der Waals surface area (Å²) in [5.74, 6) is 1.39. The van der Waals surface area contributed by atoms with Crippen LogP contribution in [0.1, 0.15) is 23.5 Å². The van der Waals surface area contributed by atoms with Gasteiger partial charge in [-0.05, 0) is 44.4 Å². The van der Waals surface area contributed by atoms with E-state index in [0.29, 0.717) is 38.8 Å². The van der Waals surface area contributed by atoms with E-state index in [4.69, 9.17) is 9.15 Å². The second kappa shape index (κ2) is 8.01. The van der Waals surface area contributed by atoms with Gasteiger partial charge in [0.15, 0.2) is 0 Å². The Morgan fingerprint density at radius 1 is 1.24 bits per heavy atom. The van der Waals surface area contributed by atoms with Gasteiger partial charge in [0.2, 0.25) is 0 Å². The molecule has 1 atom stereocenters. The molecule has 2 aliphatic rings. The van der Waals surface area contributed by atoms with E-state index < -0.39 is 11.8 Å². The highest BCUT2D eigenvalue weighted by Gasteiger charge is 2.27. The molecule has 0 spiro atoms. The average Bonchev–Trinajstić information content (AvgIpc) is 3.19. The number of amides is 2. The molecule has 2 fully saturated rings. The molecular formula is C18H27N3O4. The summed E-state index contributed by atoms with van der Waals surface area (Å²) in [5, 5.41) is 2.80. The number of carbonyl (C=O) groups is 2. The van der Waals surface area contributed by atoms with Gasteiger partial charge in [0.05, 0.1) is 19.8 Å². The van der Waals surface area contributed by atoms with Crippen LogP contribution < -0.4 is 5.32 Å². The fourth-order valence-electron chi connectivity index (χ4n) is 3.39. The van der Waals surface area contributed by atoms with E-state index in [1.54, 1.807) is 4.90 Å². The molecule has 2 amide bonds. The zero-order valence-electron chi connectivity index (χ0n) is 15.0. The number of hydrogen-bond donors (Lipinski definition) is 1. The molecule has 3 rings (SSSR count). The van der Waals surface area contributed by atoms with Crippen LogP contribution in [0, 0.1) is 19.8 Å².